The predicted octanol–water partition coefficient (Wildman–Crippen LogP) is 3.39. The molecule has 1 saturated carbocycles. The number of benzene rings is 1. The molecule has 0 aliphatic heterocycles. The number of nitrogens with one attached hydrogen (secondary N) is 1. The highest BCUT2D eigenvalue weighted by atomic mass is 127. The Morgan fingerprint density at radius 2 is 1.92 bits per heavy atom. The van der Waals surface area contributed by atoms with E-state index in [4.69, 9.17) is 14.5 Å². The van der Waals surface area contributed by atoms with Gasteiger partial charge in [-0.1, -0.05) is 12.8 Å². The Bertz CT molecular complexity index is 490. The molecule has 5 nitrogen and oxygen atoms in total. The summed E-state index contributed by atoms with van der Waals surface area (Å²) in [6.07, 6.45) is 3.99. The second-order valence-corrected chi connectivity index (χ2v) is 5.91. The Morgan fingerprint density at radius 1 is 1.25 bits per heavy atom. The minimum atomic E-state index is 0. The lowest BCUT2D eigenvalue weighted by Crippen LogP contribution is -2.41. The number of methoxy groups -OCH3 is 1. The second-order valence-electron chi connectivity index (χ2n) is 5.91. The van der Waals surface area contributed by atoms with E-state index in [1.54, 1.807) is 7.11 Å². The molecule has 0 radical (unpaired) electrons. The van der Waals surface area contributed by atoms with Crippen molar-refractivity contribution in [2.24, 2.45) is 10.9 Å². The molecule has 0 bridgehead atoms. The zero-order chi connectivity index (χ0) is 16.5. The van der Waals surface area contributed by atoms with E-state index in [1.165, 1.54) is 19.3 Å². The lowest BCUT2D eigenvalue weighted by molar-refractivity contribution is 0.281. The molecule has 1 aromatic carbocycles. The number of nitrogens with zero attached hydrogens (tertiary/aromatic N) is 2. The minimum Gasteiger partial charge on any atom is -0.497 e. The fraction of sp³-hybridized carbons (Fsp3) is 0.611. The zero-order valence-corrected chi connectivity index (χ0v) is 17.3. The molecule has 0 unspecified atom stereocenters. The average molecular weight is 447 g/mol. The first-order valence-corrected chi connectivity index (χ1v) is 8.49. The first kappa shape index (κ1) is 20.9. The van der Waals surface area contributed by atoms with Crippen molar-refractivity contribution in [1.82, 2.24) is 10.2 Å². The van der Waals surface area contributed by atoms with E-state index in [0.717, 1.165) is 43.0 Å². The van der Waals surface area contributed by atoms with Gasteiger partial charge in [0.1, 0.15) is 18.1 Å². The molecule has 1 N–H and O–H groups in total. The summed E-state index contributed by atoms with van der Waals surface area (Å²) in [5.74, 6) is 3.58. The summed E-state index contributed by atoms with van der Waals surface area (Å²) in [5, 5.41) is 3.34. The summed E-state index contributed by atoms with van der Waals surface area (Å²) >= 11 is 0. The van der Waals surface area contributed by atoms with E-state index < -0.39 is 0 Å². The van der Waals surface area contributed by atoms with E-state index in [-0.39, 0.29) is 24.0 Å². The van der Waals surface area contributed by atoms with Crippen molar-refractivity contribution in [3.63, 3.8) is 0 Å². The summed E-state index contributed by atoms with van der Waals surface area (Å²) < 4.78 is 10.9. The highest BCUT2D eigenvalue weighted by molar-refractivity contribution is 14.0. The van der Waals surface area contributed by atoms with Crippen molar-refractivity contribution in [3.05, 3.63) is 24.3 Å². The number of guanidine groups is 1. The molecule has 1 aliphatic rings. The Balaban J connectivity index is 0.00000288. The smallest absolute Gasteiger partial charge is 0.193 e. The molecule has 1 aromatic rings. The molecule has 0 aromatic heterocycles. The Kier molecular flexibility index (Phi) is 9.90. The predicted molar refractivity (Wildman–Crippen MR) is 110 cm³/mol. The van der Waals surface area contributed by atoms with Crippen molar-refractivity contribution in [2.75, 3.05) is 40.4 Å². The van der Waals surface area contributed by atoms with Crippen LogP contribution in [0, 0.1) is 5.92 Å². The van der Waals surface area contributed by atoms with E-state index in [1.807, 2.05) is 24.3 Å². The fourth-order valence-corrected chi connectivity index (χ4v) is 2.31. The van der Waals surface area contributed by atoms with Crippen molar-refractivity contribution >= 4 is 29.9 Å². The van der Waals surface area contributed by atoms with Crippen LogP contribution < -0.4 is 14.8 Å². The van der Waals surface area contributed by atoms with E-state index in [9.17, 15) is 0 Å². The van der Waals surface area contributed by atoms with Crippen molar-refractivity contribution in [3.8, 4) is 11.5 Å². The molecule has 0 atom stereocenters. The van der Waals surface area contributed by atoms with Crippen LogP contribution in [0.4, 0.5) is 0 Å². The molecule has 0 heterocycles. The monoisotopic (exact) mass is 447 g/mol. The van der Waals surface area contributed by atoms with Gasteiger partial charge in [-0.25, -0.2) is 0 Å². The summed E-state index contributed by atoms with van der Waals surface area (Å²) in [6, 6.07) is 7.66. The highest BCUT2D eigenvalue weighted by Gasteiger charge is 2.20. The van der Waals surface area contributed by atoms with Gasteiger partial charge in [0, 0.05) is 20.1 Å². The maximum Gasteiger partial charge on any atom is 0.193 e. The number of rotatable bonds is 9. The maximum atomic E-state index is 5.78. The van der Waals surface area contributed by atoms with Crippen LogP contribution in [0.3, 0.4) is 0 Å². The first-order chi connectivity index (χ1) is 11.2. The van der Waals surface area contributed by atoms with Crippen molar-refractivity contribution in [2.45, 2.75) is 26.2 Å². The Morgan fingerprint density at radius 3 is 2.50 bits per heavy atom. The Hall–Kier alpha value is -1.18. The second kappa shape index (κ2) is 11.4. The van der Waals surface area contributed by atoms with Crippen molar-refractivity contribution < 1.29 is 9.47 Å². The van der Waals surface area contributed by atoms with Crippen LogP contribution >= 0.6 is 24.0 Å². The molecular weight excluding hydrogens is 417 g/mol. The molecule has 24 heavy (non-hydrogen) atoms. The number of likely N-dealkylation sites (N-methyl/N-ethyl adjacent to an activating group) is 1. The van der Waals surface area contributed by atoms with E-state index in [2.05, 4.69) is 24.2 Å². The normalized spacial score (nSPS) is 13.9. The van der Waals surface area contributed by atoms with Crippen LogP contribution in [0.1, 0.15) is 26.2 Å². The van der Waals surface area contributed by atoms with Crippen LogP contribution in [-0.4, -0.2) is 51.3 Å². The van der Waals surface area contributed by atoms with Crippen LogP contribution in [-0.2, 0) is 0 Å². The number of aliphatic imine (C=N–C) groups is 1. The van der Waals surface area contributed by atoms with Gasteiger partial charge in [0.05, 0.1) is 13.7 Å². The number of hydrogen-bond donors (Lipinski definition) is 1. The third-order valence-electron chi connectivity index (χ3n) is 3.95. The quantitative estimate of drug-likeness (QED) is 0.358. The van der Waals surface area contributed by atoms with Crippen molar-refractivity contribution in [1.29, 1.82) is 0 Å². The van der Waals surface area contributed by atoms with Crippen LogP contribution in [0.2, 0.25) is 0 Å². The van der Waals surface area contributed by atoms with Gasteiger partial charge in [-0.15, -0.1) is 24.0 Å². The minimum absolute atomic E-state index is 0. The van der Waals surface area contributed by atoms with E-state index >= 15 is 0 Å². The third kappa shape index (κ3) is 7.59. The van der Waals surface area contributed by atoms with Gasteiger partial charge < -0.3 is 19.7 Å². The highest BCUT2D eigenvalue weighted by Crippen LogP contribution is 2.32. The summed E-state index contributed by atoms with van der Waals surface area (Å²) in [6.45, 7) is 5.30. The SMILES string of the molecule is CCNC(=NCCC1CC1)N(C)CCOc1ccc(OC)cc1.I. The van der Waals surface area contributed by atoms with Gasteiger partial charge >= 0.3 is 0 Å². The number of ether oxygens (including phenoxy) is 2. The van der Waals surface area contributed by atoms with Gasteiger partial charge in [-0.05, 0) is 43.5 Å². The number of hydrogen-bond acceptors (Lipinski definition) is 3. The van der Waals surface area contributed by atoms with Gasteiger partial charge in [-0.2, -0.15) is 0 Å². The molecule has 0 saturated heterocycles. The third-order valence-corrected chi connectivity index (χ3v) is 3.95. The molecule has 6 heteroatoms. The lowest BCUT2D eigenvalue weighted by Gasteiger charge is -2.22. The van der Waals surface area contributed by atoms with Gasteiger partial charge in [0.25, 0.3) is 0 Å². The zero-order valence-electron chi connectivity index (χ0n) is 15.0. The fourth-order valence-electron chi connectivity index (χ4n) is 2.31. The summed E-state index contributed by atoms with van der Waals surface area (Å²) in [4.78, 5) is 6.83. The Labute approximate surface area is 162 Å². The van der Waals surface area contributed by atoms with Gasteiger partial charge in [0.2, 0.25) is 0 Å². The number of halogens is 1. The average Bonchev–Trinajstić information content (AvgIpc) is 3.39. The summed E-state index contributed by atoms with van der Waals surface area (Å²) in [5.41, 5.74) is 0. The van der Waals surface area contributed by atoms with Crippen LogP contribution in [0.5, 0.6) is 11.5 Å². The topological polar surface area (TPSA) is 46.1 Å². The largest absolute Gasteiger partial charge is 0.497 e. The standard InChI is InChI=1S/C18H29N3O2.HI/c1-4-19-18(20-12-11-15-5-6-15)21(2)13-14-23-17-9-7-16(22-3)8-10-17;/h7-10,15H,4-6,11-14H2,1-3H3,(H,19,20);1H. The molecule has 0 amide bonds. The molecular formula is C18H30IN3O2. The molecule has 2 rings (SSSR count). The summed E-state index contributed by atoms with van der Waals surface area (Å²) in [7, 11) is 3.71. The first-order valence-electron chi connectivity index (χ1n) is 8.49. The van der Waals surface area contributed by atoms with Gasteiger partial charge in [-0.3, -0.25) is 4.99 Å². The van der Waals surface area contributed by atoms with Gasteiger partial charge in [0.15, 0.2) is 5.96 Å². The van der Waals surface area contributed by atoms with Crippen LogP contribution in [0.15, 0.2) is 29.3 Å². The molecule has 1 fully saturated rings. The van der Waals surface area contributed by atoms with Crippen LogP contribution in [0.25, 0.3) is 0 Å². The molecule has 136 valence electrons. The van der Waals surface area contributed by atoms with E-state index in [0.29, 0.717) is 6.61 Å². The molecule has 1 aliphatic carbocycles. The lowest BCUT2D eigenvalue weighted by atomic mass is 10.3. The molecule has 0 spiro atoms. The maximum absolute atomic E-state index is 5.78.